The SMILES string of the molecule is Cc1cc(-c2nc(C#N)nc3c2ccn3C)cnc1OCCO[C@@H]1CCN(C(=O)OC(C)(C)C)C1. The van der Waals surface area contributed by atoms with Crippen molar-refractivity contribution in [1.82, 2.24) is 24.4 Å². The van der Waals surface area contributed by atoms with Gasteiger partial charge in [-0.15, -0.1) is 0 Å². The first-order chi connectivity index (χ1) is 16.6. The number of rotatable bonds is 6. The summed E-state index contributed by atoms with van der Waals surface area (Å²) in [4.78, 5) is 27.0. The fraction of sp³-hybridized carbons (Fsp3) is 0.480. The minimum absolute atomic E-state index is 0.0390. The highest BCUT2D eigenvalue weighted by Crippen LogP contribution is 2.29. The molecule has 0 radical (unpaired) electrons. The van der Waals surface area contributed by atoms with Crippen LogP contribution in [0.2, 0.25) is 0 Å². The highest BCUT2D eigenvalue weighted by molar-refractivity contribution is 5.91. The molecule has 0 spiro atoms. The molecule has 1 fully saturated rings. The lowest BCUT2D eigenvalue weighted by molar-refractivity contribution is 0.0169. The first-order valence-electron chi connectivity index (χ1n) is 11.6. The number of hydrogen-bond donors (Lipinski definition) is 0. The Balaban J connectivity index is 1.33. The monoisotopic (exact) mass is 478 g/mol. The van der Waals surface area contributed by atoms with Gasteiger partial charge in [-0.25, -0.2) is 19.7 Å². The zero-order valence-corrected chi connectivity index (χ0v) is 20.7. The molecule has 0 N–H and O–H groups in total. The molecule has 0 bridgehead atoms. The highest BCUT2D eigenvalue weighted by atomic mass is 16.6. The number of fused-ring (bicyclic) bond motifs is 1. The van der Waals surface area contributed by atoms with E-state index in [9.17, 15) is 10.1 Å². The zero-order valence-electron chi connectivity index (χ0n) is 20.7. The zero-order chi connectivity index (χ0) is 25.2. The van der Waals surface area contributed by atoms with Gasteiger partial charge < -0.3 is 23.7 Å². The van der Waals surface area contributed by atoms with E-state index < -0.39 is 5.60 Å². The minimum atomic E-state index is -0.511. The molecule has 0 aliphatic carbocycles. The summed E-state index contributed by atoms with van der Waals surface area (Å²) in [5.74, 6) is 0.625. The van der Waals surface area contributed by atoms with Gasteiger partial charge in [-0.05, 0) is 46.2 Å². The van der Waals surface area contributed by atoms with Gasteiger partial charge in [0.05, 0.1) is 24.9 Å². The van der Waals surface area contributed by atoms with Gasteiger partial charge in [0.15, 0.2) is 0 Å². The molecule has 0 aromatic carbocycles. The molecule has 4 heterocycles. The molecule has 1 aliphatic rings. The van der Waals surface area contributed by atoms with E-state index in [0.717, 1.165) is 22.9 Å². The number of carbonyl (C=O) groups is 1. The number of nitriles is 1. The summed E-state index contributed by atoms with van der Waals surface area (Å²) >= 11 is 0. The first-order valence-corrected chi connectivity index (χ1v) is 11.6. The number of aryl methyl sites for hydroxylation is 2. The van der Waals surface area contributed by atoms with Crippen molar-refractivity contribution < 1.29 is 19.0 Å². The van der Waals surface area contributed by atoms with Gasteiger partial charge in [-0.2, -0.15) is 5.26 Å². The number of ether oxygens (including phenoxy) is 3. The van der Waals surface area contributed by atoms with Crippen molar-refractivity contribution in [2.75, 3.05) is 26.3 Å². The number of carbonyl (C=O) groups excluding carboxylic acids is 1. The summed E-state index contributed by atoms with van der Waals surface area (Å²) in [5.41, 5.74) is 2.48. The van der Waals surface area contributed by atoms with Crippen LogP contribution in [0, 0.1) is 18.3 Å². The van der Waals surface area contributed by atoms with Gasteiger partial charge in [0, 0.05) is 42.5 Å². The fourth-order valence-corrected chi connectivity index (χ4v) is 3.96. The van der Waals surface area contributed by atoms with Crippen LogP contribution in [0.5, 0.6) is 5.88 Å². The lowest BCUT2D eigenvalue weighted by Crippen LogP contribution is -2.36. The van der Waals surface area contributed by atoms with Crippen LogP contribution in [0.1, 0.15) is 38.6 Å². The molecule has 10 nitrogen and oxygen atoms in total. The summed E-state index contributed by atoms with van der Waals surface area (Å²) in [6.45, 7) is 9.34. The predicted octanol–water partition coefficient (Wildman–Crippen LogP) is 3.62. The highest BCUT2D eigenvalue weighted by Gasteiger charge is 2.30. The van der Waals surface area contributed by atoms with Crippen molar-refractivity contribution in [3.05, 3.63) is 35.9 Å². The topological polar surface area (TPSA) is 115 Å². The molecule has 1 amide bonds. The minimum Gasteiger partial charge on any atom is -0.475 e. The Hall–Kier alpha value is -3.71. The van der Waals surface area contributed by atoms with Gasteiger partial charge in [0.2, 0.25) is 11.7 Å². The van der Waals surface area contributed by atoms with E-state index in [1.54, 1.807) is 11.1 Å². The number of hydrogen-bond acceptors (Lipinski definition) is 8. The molecule has 0 saturated carbocycles. The molecule has 4 rings (SSSR count). The standard InChI is InChI=1S/C25H30N6O4/c1-16-12-17(21-19-7-8-30(5)22(19)29-20(13-26)28-21)14-27-23(16)34-11-10-33-18-6-9-31(15-18)24(32)35-25(2,3)4/h7-8,12,14,18H,6,9-11,15H2,1-5H3/t18-/m1/s1. The molecule has 35 heavy (non-hydrogen) atoms. The summed E-state index contributed by atoms with van der Waals surface area (Å²) in [6.07, 6.45) is 4.00. The molecule has 1 saturated heterocycles. The maximum Gasteiger partial charge on any atom is 0.410 e. The largest absolute Gasteiger partial charge is 0.475 e. The van der Waals surface area contributed by atoms with Crippen molar-refractivity contribution in [3.63, 3.8) is 0 Å². The summed E-state index contributed by atoms with van der Waals surface area (Å²) in [6, 6.07) is 5.89. The Bertz CT molecular complexity index is 1270. The van der Waals surface area contributed by atoms with E-state index in [-0.39, 0.29) is 18.0 Å². The van der Waals surface area contributed by atoms with Crippen molar-refractivity contribution in [1.29, 1.82) is 5.26 Å². The van der Waals surface area contributed by atoms with E-state index in [1.807, 2.05) is 63.7 Å². The molecule has 10 heteroatoms. The number of likely N-dealkylation sites (tertiary alicyclic amines) is 1. The fourth-order valence-electron chi connectivity index (χ4n) is 3.96. The average Bonchev–Trinajstić information content (AvgIpc) is 3.43. The van der Waals surface area contributed by atoms with E-state index in [1.165, 1.54) is 0 Å². The van der Waals surface area contributed by atoms with Crippen molar-refractivity contribution in [3.8, 4) is 23.2 Å². The molecule has 0 unspecified atom stereocenters. The van der Waals surface area contributed by atoms with E-state index in [2.05, 4.69) is 15.0 Å². The second kappa shape index (κ2) is 9.88. The molecule has 1 aliphatic heterocycles. The van der Waals surface area contributed by atoms with Gasteiger partial charge in [0.1, 0.15) is 23.9 Å². The van der Waals surface area contributed by atoms with Crippen LogP contribution >= 0.6 is 0 Å². The van der Waals surface area contributed by atoms with Crippen LogP contribution in [-0.2, 0) is 16.5 Å². The lowest BCUT2D eigenvalue weighted by atomic mass is 10.1. The Morgan fingerprint density at radius 3 is 2.80 bits per heavy atom. The predicted molar refractivity (Wildman–Crippen MR) is 129 cm³/mol. The number of nitrogens with zero attached hydrogens (tertiary/aromatic N) is 6. The molecular formula is C25H30N6O4. The number of aromatic nitrogens is 4. The van der Waals surface area contributed by atoms with Crippen LogP contribution in [-0.4, -0.2) is 68.5 Å². The van der Waals surface area contributed by atoms with Gasteiger partial charge in [-0.1, -0.05) is 0 Å². The average molecular weight is 479 g/mol. The van der Waals surface area contributed by atoms with Crippen molar-refractivity contribution in [2.24, 2.45) is 7.05 Å². The molecular weight excluding hydrogens is 448 g/mol. The van der Waals surface area contributed by atoms with Crippen molar-refractivity contribution in [2.45, 2.75) is 45.8 Å². The lowest BCUT2D eigenvalue weighted by Gasteiger charge is -2.24. The summed E-state index contributed by atoms with van der Waals surface area (Å²) < 4.78 is 19.0. The van der Waals surface area contributed by atoms with Gasteiger partial charge >= 0.3 is 6.09 Å². The third-order valence-corrected chi connectivity index (χ3v) is 5.60. The second-order valence-corrected chi connectivity index (χ2v) is 9.57. The third-order valence-electron chi connectivity index (χ3n) is 5.60. The van der Waals surface area contributed by atoms with Crippen LogP contribution in [0.4, 0.5) is 4.79 Å². The number of amides is 1. The van der Waals surface area contributed by atoms with E-state index in [0.29, 0.717) is 43.5 Å². The maximum absolute atomic E-state index is 12.2. The quantitative estimate of drug-likeness (QED) is 0.494. The maximum atomic E-state index is 12.2. The smallest absolute Gasteiger partial charge is 0.410 e. The molecule has 184 valence electrons. The normalized spacial score (nSPS) is 15.9. The molecule has 3 aromatic heterocycles. The molecule has 3 aromatic rings. The van der Waals surface area contributed by atoms with E-state index >= 15 is 0 Å². The summed E-state index contributed by atoms with van der Waals surface area (Å²) in [5, 5.41) is 10.2. The Morgan fingerprint density at radius 1 is 1.29 bits per heavy atom. The van der Waals surface area contributed by atoms with Crippen LogP contribution < -0.4 is 4.74 Å². The van der Waals surface area contributed by atoms with Crippen LogP contribution in [0.15, 0.2) is 24.5 Å². The molecule has 1 atom stereocenters. The van der Waals surface area contributed by atoms with E-state index in [4.69, 9.17) is 14.2 Å². The van der Waals surface area contributed by atoms with Gasteiger partial charge in [0.25, 0.3) is 0 Å². The third kappa shape index (κ3) is 5.69. The Labute approximate surface area is 204 Å². The summed E-state index contributed by atoms with van der Waals surface area (Å²) in [7, 11) is 1.88. The van der Waals surface area contributed by atoms with Crippen LogP contribution in [0.3, 0.4) is 0 Å². The van der Waals surface area contributed by atoms with Gasteiger partial charge in [-0.3, -0.25) is 0 Å². The second-order valence-electron chi connectivity index (χ2n) is 9.57. The Kier molecular flexibility index (Phi) is 6.89. The van der Waals surface area contributed by atoms with Crippen molar-refractivity contribution >= 4 is 17.1 Å². The first kappa shape index (κ1) is 24.4. The Morgan fingerprint density at radius 2 is 2.09 bits per heavy atom. The number of pyridine rings is 1. The van der Waals surface area contributed by atoms with Crippen LogP contribution in [0.25, 0.3) is 22.3 Å².